The lowest BCUT2D eigenvalue weighted by Crippen LogP contribution is -2.25. The summed E-state index contributed by atoms with van der Waals surface area (Å²) >= 11 is 0. The van der Waals surface area contributed by atoms with E-state index >= 15 is 0 Å². The van der Waals surface area contributed by atoms with E-state index in [0.29, 0.717) is 17.7 Å². The van der Waals surface area contributed by atoms with Gasteiger partial charge in [-0.05, 0) is 5.56 Å². The second kappa shape index (κ2) is 9.22. The van der Waals surface area contributed by atoms with E-state index in [1.807, 2.05) is 30.3 Å². The lowest BCUT2D eigenvalue weighted by atomic mass is 10.2. The quantitative estimate of drug-likeness (QED) is 0.482. The van der Waals surface area contributed by atoms with E-state index in [-0.39, 0.29) is 19.0 Å². The van der Waals surface area contributed by atoms with Gasteiger partial charge in [-0.1, -0.05) is 30.3 Å². The molecule has 2 unspecified atom stereocenters. The Morgan fingerprint density at radius 1 is 1.25 bits per heavy atom. The fraction of sp³-hybridized carbons (Fsp3) is 0.353. The molecule has 0 aliphatic heterocycles. The van der Waals surface area contributed by atoms with Crippen LogP contribution < -0.4 is 5.73 Å². The molecule has 0 saturated heterocycles. The van der Waals surface area contributed by atoms with Gasteiger partial charge in [0.15, 0.2) is 11.5 Å². The van der Waals surface area contributed by atoms with Crippen molar-refractivity contribution in [1.82, 2.24) is 19.5 Å². The lowest BCUT2D eigenvalue weighted by Gasteiger charge is -2.20. The van der Waals surface area contributed by atoms with Crippen molar-refractivity contribution < 1.29 is 23.5 Å². The minimum Gasteiger partial charge on any atom is -0.382 e. The monoisotopic (exact) mass is 407 g/mol. The predicted molar refractivity (Wildman–Crippen MR) is 102 cm³/mol. The Kier molecular flexibility index (Phi) is 6.71. The molecule has 2 aromatic heterocycles. The summed E-state index contributed by atoms with van der Waals surface area (Å²) in [7, 11) is -2.41. The molecule has 0 radical (unpaired) electrons. The topological polar surface area (TPSA) is 135 Å². The number of hydrogen-bond donors (Lipinski definition) is 2. The third kappa shape index (κ3) is 5.34. The zero-order valence-corrected chi connectivity index (χ0v) is 16.2. The number of methoxy groups -OCH3 is 1. The molecule has 2 heterocycles. The van der Waals surface area contributed by atoms with E-state index in [2.05, 4.69) is 15.0 Å². The number of anilines is 1. The van der Waals surface area contributed by atoms with E-state index in [4.69, 9.17) is 19.7 Å². The molecular formula is C17H22N5O5P. The number of imidazole rings is 1. The van der Waals surface area contributed by atoms with Crippen molar-refractivity contribution in [2.75, 3.05) is 25.8 Å². The number of rotatable bonds is 10. The number of nitrogen functional groups attached to an aromatic ring is 1. The van der Waals surface area contributed by atoms with E-state index in [1.54, 1.807) is 10.9 Å². The van der Waals surface area contributed by atoms with Gasteiger partial charge in [-0.3, -0.25) is 4.57 Å². The van der Waals surface area contributed by atoms with Crippen LogP contribution in [-0.2, 0) is 31.7 Å². The average Bonchev–Trinajstić information content (AvgIpc) is 3.10. The van der Waals surface area contributed by atoms with Crippen LogP contribution in [0.15, 0.2) is 43.0 Å². The molecule has 0 bridgehead atoms. The maximum absolute atomic E-state index is 12.3. The largest absolute Gasteiger partial charge is 0.382 e. The van der Waals surface area contributed by atoms with Crippen molar-refractivity contribution >= 4 is 24.6 Å². The summed E-state index contributed by atoms with van der Waals surface area (Å²) in [5.74, 6) is 0.280. The zero-order chi connectivity index (χ0) is 20.0. The number of benzene rings is 1. The smallest absolute Gasteiger partial charge is 0.353 e. The molecule has 3 N–H and O–H groups in total. The average molecular weight is 407 g/mol. The number of hydrogen-bond acceptors (Lipinski definition) is 8. The normalized spacial score (nSPS) is 14.8. The summed E-state index contributed by atoms with van der Waals surface area (Å²) in [4.78, 5) is 22.3. The number of ether oxygens (including phenoxy) is 2. The minimum absolute atomic E-state index is 0.0231. The summed E-state index contributed by atoms with van der Waals surface area (Å²) in [5, 5.41) is 0. The van der Waals surface area contributed by atoms with E-state index < -0.39 is 20.0 Å². The van der Waals surface area contributed by atoms with Crippen LogP contribution in [0.1, 0.15) is 5.56 Å². The third-order valence-electron chi connectivity index (χ3n) is 3.93. The van der Waals surface area contributed by atoms with Crippen molar-refractivity contribution in [3.05, 3.63) is 48.5 Å². The molecule has 11 heteroatoms. The summed E-state index contributed by atoms with van der Waals surface area (Å²) in [5.41, 5.74) is 7.62. The van der Waals surface area contributed by atoms with Crippen LogP contribution in [0.2, 0.25) is 0 Å². The summed E-state index contributed by atoms with van der Waals surface area (Å²) < 4.78 is 29.9. The van der Waals surface area contributed by atoms with E-state index in [9.17, 15) is 9.46 Å². The van der Waals surface area contributed by atoms with Gasteiger partial charge in [-0.15, -0.1) is 0 Å². The molecule has 150 valence electrons. The van der Waals surface area contributed by atoms with Crippen LogP contribution >= 0.6 is 7.60 Å². The SMILES string of the molecule is COCC(Cn1cnc2c(N)ncnc21)OCP(=O)(O)OCc1ccccc1. The van der Waals surface area contributed by atoms with Crippen molar-refractivity contribution in [3.63, 3.8) is 0 Å². The Bertz CT molecular complexity index is 952. The fourth-order valence-electron chi connectivity index (χ4n) is 2.58. The first-order valence-corrected chi connectivity index (χ1v) is 10.3. The van der Waals surface area contributed by atoms with Gasteiger partial charge in [-0.2, -0.15) is 0 Å². The number of aromatic nitrogens is 4. The van der Waals surface area contributed by atoms with Crippen LogP contribution in [0.25, 0.3) is 11.2 Å². The van der Waals surface area contributed by atoms with Gasteiger partial charge in [0, 0.05) is 7.11 Å². The molecule has 0 fully saturated rings. The maximum atomic E-state index is 12.3. The molecule has 28 heavy (non-hydrogen) atoms. The van der Waals surface area contributed by atoms with Gasteiger partial charge in [0.2, 0.25) is 0 Å². The molecule has 0 aliphatic carbocycles. The van der Waals surface area contributed by atoms with E-state index in [1.165, 1.54) is 13.4 Å². The summed E-state index contributed by atoms with van der Waals surface area (Å²) in [6.07, 6.45) is 1.94. The van der Waals surface area contributed by atoms with Gasteiger partial charge in [0.05, 0.1) is 32.2 Å². The van der Waals surface area contributed by atoms with Gasteiger partial charge in [0.25, 0.3) is 0 Å². The molecule has 0 spiro atoms. The van der Waals surface area contributed by atoms with Crippen molar-refractivity contribution in [3.8, 4) is 0 Å². The molecule has 2 atom stereocenters. The van der Waals surface area contributed by atoms with Gasteiger partial charge in [-0.25, -0.2) is 15.0 Å². The van der Waals surface area contributed by atoms with E-state index in [0.717, 1.165) is 5.56 Å². The minimum atomic E-state index is -3.93. The van der Waals surface area contributed by atoms with Crippen molar-refractivity contribution in [2.45, 2.75) is 19.3 Å². The highest BCUT2D eigenvalue weighted by Crippen LogP contribution is 2.43. The Morgan fingerprint density at radius 3 is 2.79 bits per heavy atom. The van der Waals surface area contributed by atoms with Crippen LogP contribution in [0, 0.1) is 0 Å². The van der Waals surface area contributed by atoms with Gasteiger partial charge in [0.1, 0.15) is 18.2 Å². The van der Waals surface area contributed by atoms with Crippen LogP contribution in [0.4, 0.5) is 5.82 Å². The first-order valence-electron chi connectivity index (χ1n) is 8.50. The number of fused-ring (bicyclic) bond motifs is 1. The summed E-state index contributed by atoms with van der Waals surface area (Å²) in [6, 6.07) is 9.15. The third-order valence-corrected chi connectivity index (χ3v) is 4.94. The second-order valence-electron chi connectivity index (χ2n) is 6.10. The maximum Gasteiger partial charge on any atom is 0.353 e. The fourth-order valence-corrected chi connectivity index (χ4v) is 3.40. The first kappa shape index (κ1) is 20.4. The molecule has 1 aromatic carbocycles. The summed E-state index contributed by atoms with van der Waals surface area (Å²) in [6.45, 7) is 0.535. The molecule has 3 aromatic rings. The van der Waals surface area contributed by atoms with Crippen LogP contribution in [0.5, 0.6) is 0 Å². The Hall–Kier alpha value is -2.36. The molecule has 0 aliphatic rings. The molecule has 0 amide bonds. The number of nitrogens with two attached hydrogens (primary N) is 1. The highest BCUT2D eigenvalue weighted by atomic mass is 31.2. The second-order valence-corrected chi connectivity index (χ2v) is 7.89. The standard InChI is InChI=1S/C17H22N5O5P/c1-25-9-14(7-22-11-21-15-16(18)19-10-20-17(15)22)26-12-28(23,24)27-8-13-5-3-2-4-6-13/h2-6,10-11,14H,7-9,12H2,1H3,(H,23,24)(H2,18,19,20). The number of nitrogens with zero attached hydrogens (tertiary/aromatic N) is 4. The lowest BCUT2D eigenvalue weighted by molar-refractivity contribution is 0.00222. The first-order chi connectivity index (χ1) is 13.5. The molecular weight excluding hydrogens is 385 g/mol. The highest BCUT2D eigenvalue weighted by molar-refractivity contribution is 7.52. The van der Waals surface area contributed by atoms with Gasteiger partial charge >= 0.3 is 7.60 Å². The van der Waals surface area contributed by atoms with Crippen molar-refractivity contribution in [2.24, 2.45) is 0 Å². The Balaban J connectivity index is 1.60. The molecule has 0 saturated carbocycles. The molecule has 3 rings (SSSR count). The highest BCUT2D eigenvalue weighted by Gasteiger charge is 2.23. The van der Waals surface area contributed by atoms with Crippen LogP contribution in [-0.4, -0.2) is 50.6 Å². The molecule has 10 nitrogen and oxygen atoms in total. The van der Waals surface area contributed by atoms with Crippen LogP contribution in [0.3, 0.4) is 0 Å². The Morgan fingerprint density at radius 2 is 2.04 bits per heavy atom. The Labute approximate surface area is 161 Å². The predicted octanol–water partition coefficient (Wildman–Crippen LogP) is 1.80. The van der Waals surface area contributed by atoms with Crippen molar-refractivity contribution in [1.29, 1.82) is 0 Å². The van der Waals surface area contributed by atoms with Gasteiger partial charge < -0.3 is 29.2 Å². The zero-order valence-electron chi connectivity index (χ0n) is 15.3.